The predicted molar refractivity (Wildman–Crippen MR) is 97.7 cm³/mol. The third-order valence-electron chi connectivity index (χ3n) is 3.36. The first-order valence-corrected chi connectivity index (χ1v) is 8.33. The summed E-state index contributed by atoms with van der Waals surface area (Å²) >= 11 is 15.2. The van der Waals surface area contributed by atoms with Gasteiger partial charge in [0, 0.05) is 14.9 Å². The Bertz CT molecular complexity index is 999. The maximum Gasteiger partial charge on any atom is 0.296 e. The molecular weight excluding hydrogens is 417 g/mol. The van der Waals surface area contributed by atoms with Crippen molar-refractivity contribution < 1.29 is 9.90 Å². The van der Waals surface area contributed by atoms with Crippen molar-refractivity contribution in [2.24, 2.45) is 10.2 Å². The fourth-order valence-electron chi connectivity index (χ4n) is 2.27. The molecule has 2 N–H and O–H groups in total. The van der Waals surface area contributed by atoms with Gasteiger partial charge in [0.1, 0.15) is 0 Å². The summed E-state index contributed by atoms with van der Waals surface area (Å²) in [5.41, 5.74) is 2.01. The Morgan fingerprint density at radius 1 is 1.25 bits per heavy atom. The molecule has 3 rings (SSSR count). The number of rotatable bonds is 2. The molecule has 1 aromatic heterocycles. The van der Waals surface area contributed by atoms with Crippen LogP contribution in [0.2, 0.25) is 10.0 Å². The van der Waals surface area contributed by atoms with Crippen molar-refractivity contribution in [3.63, 3.8) is 0 Å². The van der Waals surface area contributed by atoms with E-state index in [9.17, 15) is 9.90 Å². The van der Waals surface area contributed by atoms with E-state index in [4.69, 9.17) is 23.2 Å². The van der Waals surface area contributed by atoms with Crippen LogP contribution >= 0.6 is 39.1 Å². The van der Waals surface area contributed by atoms with E-state index < -0.39 is 5.91 Å². The summed E-state index contributed by atoms with van der Waals surface area (Å²) in [4.78, 5) is 15.0. The first-order chi connectivity index (χ1) is 11.4. The van der Waals surface area contributed by atoms with Gasteiger partial charge in [0.25, 0.3) is 5.91 Å². The second-order valence-electron chi connectivity index (χ2n) is 5.12. The number of aryl methyl sites for hydroxylation is 1. The third-order valence-corrected chi connectivity index (χ3v) is 4.53. The Hall–Kier alpha value is -1.89. The molecule has 0 atom stereocenters. The lowest BCUT2D eigenvalue weighted by atomic mass is 10.1. The van der Waals surface area contributed by atoms with Crippen LogP contribution in [-0.2, 0) is 0 Å². The minimum atomic E-state index is -0.628. The molecule has 0 spiro atoms. The number of fused-ring (bicyclic) bond motifs is 1. The van der Waals surface area contributed by atoms with E-state index >= 15 is 0 Å². The lowest BCUT2D eigenvalue weighted by molar-refractivity contribution is 0.0995. The van der Waals surface area contributed by atoms with Crippen LogP contribution in [0, 0.1) is 6.92 Å². The molecule has 5 nitrogen and oxygen atoms in total. The number of aromatic amines is 1. The highest BCUT2D eigenvalue weighted by Crippen LogP contribution is 2.39. The molecule has 3 aromatic rings. The number of azo groups is 1. The number of aromatic nitrogens is 1. The zero-order valence-electron chi connectivity index (χ0n) is 12.3. The van der Waals surface area contributed by atoms with Gasteiger partial charge in [0.05, 0.1) is 16.1 Å². The van der Waals surface area contributed by atoms with E-state index in [0.717, 1.165) is 10.0 Å². The number of hydrogen-bond donors (Lipinski definition) is 2. The van der Waals surface area contributed by atoms with Gasteiger partial charge >= 0.3 is 0 Å². The Labute approximate surface area is 155 Å². The molecule has 2 aromatic carbocycles. The van der Waals surface area contributed by atoms with Gasteiger partial charge in [-0.15, -0.1) is 10.2 Å². The van der Waals surface area contributed by atoms with E-state index in [1.165, 1.54) is 12.1 Å². The van der Waals surface area contributed by atoms with E-state index in [0.29, 0.717) is 15.9 Å². The van der Waals surface area contributed by atoms with Crippen molar-refractivity contribution in [2.75, 3.05) is 0 Å². The van der Waals surface area contributed by atoms with Gasteiger partial charge in [-0.25, -0.2) is 0 Å². The van der Waals surface area contributed by atoms with Gasteiger partial charge in [-0.3, -0.25) is 4.79 Å². The number of carbonyl (C=O) groups excluding carboxylic acids is 1. The number of halogens is 3. The summed E-state index contributed by atoms with van der Waals surface area (Å²) in [7, 11) is 0. The molecule has 122 valence electrons. The van der Waals surface area contributed by atoms with Gasteiger partial charge in [0.15, 0.2) is 5.69 Å². The number of benzene rings is 2. The maximum atomic E-state index is 12.2. The standard InChI is InChI=1S/C16H10BrCl2N3O2/c1-7-4-10-13(11(17)5-7)20-16(24)14(10)21-22-15(23)9-3-2-8(18)6-12(9)19/h2-6,20,24H,1H3. The van der Waals surface area contributed by atoms with Crippen molar-refractivity contribution in [2.45, 2.75) is 6.92 Å². The van der Waals surface area contributed by atoms with Crippen LogP contribution < -0.4 is 0 Å². The molecule has 0 unspecified atom stereocenters. The zero-order valence-corrected chi connectivity index (χ0v) is 15.4. The highest BCUT2D eigenvalue weighted by atomic mass is 79.9. The molecule has 24 heavy (non-hydrogen) atoms. The van der Waals surface area contributed by atoms with E-state index in [1.54, 1.807) is 6.07 Å². The van der Waals surface area contributed by atoms with Crippen molar-refractivity contribution in [1.82, 2.24) is 4.98 Å². The molecule has 0 aliphatic heterocycles. The van der Waals surface area contributed by atoms with Crippen LogP contribution in [0.25, 0.3) is 10.9 Å². The number of H-pyrrole nitrogens is 1. The summed E-state index contributed by atoms with van der Waals surface area (Å²) in [5.74, 6) is -0.799. The van der Waals surface area contributed by atoms with Crippen LogP contribution in [0.15, 0.2) is 45.0 Å². The summed E-state index contributed by atoms with van der Waals surface area (Å²) in [6.45, 7) is 1.91. The van der Waals surface area contributed by atoms with E-state index in [2.05, 4.69) is 31.1 Å². The number of amides is 1. The predicted octanol–water partition coefficient (Wildman–Crippen LogP) is 6.18. The second kappa shape index (κ2) is 6.55. The molecule has 1 amide bonds. The molecule has 0 radical (unpaired) electrons. The number of aromatic hydroxyl groups is 1. The van der Waals surface area contributed by atoms with Gasteiger partial charge in [0.2, 0.25) is 5.88 Å². The van der Waals surface area contributed by atoms with Crippen LogP contribution in [0.4, 0.5) is 5.69 Å². The fraction of sp³-hybridized carbons (Fsp3) is 0.0625. The SMILES string of the molecule is Cc1cc(Br)c2[nH]c(O)c(N=NC(=O)c3ccc(Cl)cc3Cl)c2c1. The lowest BCUT2D eigenvalue weighted by Crippen LogP contribution is -1.94. The van der Waals surface area contributed by atoms with Crippen molar-refractivity contribution in [3.8, 4) is 5.88 Å². The number of hydrogen-bond acceptors (Lipinski definition) is 3. The molecular formula is C16H10BrCl2N3O2. The van der Waals surface area contributed by atoms with E-state index in [1.807, 2.05) is 19.1 Å². The molecule has 0 bridgehead atoms. The van der Waals surface area contributed by atoms with Crippen LogP contribution in [-0.4, -0.2) is 16.0 Å². The second-order valence-corrected chi connectivity index (χ2v) is 6.82. The zero-order chi connectivity index (χ0) is 17.4. The lowest BCUT2D eigenvalue weighted by Gasteiger charge is -1.99. The van der Waals surface area contributed by atoms with Crippen molar-refractivity contribution in [3.05, 3.63) is 56.0 Å². The van der Waals surface area contributed by atoms with Gasteiger partial charge in [-0.05, 0) is 58.7 Å². The van der Waals surface area contributed by atoms with Gasteiger partial charge in [-0.2, -0.15) is 0 Å². The Morgan fingerprint density at radius 3 is 2.71 bits per heavy atom. The highest BCUT2D eigenvalue weighted by molar-refractivity contribution is 9.10. The smallest absolute Gasteiger partial charge is 0.296 e. The molecule has 0 fully saturated rings. The minimum Gasteiger partial charge on any atom is -0.493 e. The number of nitrogens with zero attached hydrogens (tertiary/aromatic N) is 2. The van der Waals surface area contributed by atoms with Crippen LogP contribution in [0.1, 0.15) is 15.9 Å². The van der Waals surface area contributed by atoms with E-state index in [-0.39, 0.29) is 22.2 Å². The molecule has 0 saturated heterocycles. The third kappa shape index (κ3) is 3.17. The van der Waals surface area contributed by atoms with Crippen LogP contribution in [0.3, 0.4) is 0 Å². The highest BCUT2D eigenvalue weighted by Gasteiger charge is 2.15. The molecule has 0 aliphatic carbocycles. The van der Waals surface area contributed by atoms with Gasteiger partial charge < -0.3 is 10.1 Å². The summed E-state index contributed by atoms with van der Waals surface area (Å²) in [5, 5.41) is 18.9. The number of nitrogens with one attached hydrogen (secondary N) is 1. The first-order valence-electron chi connectivity index (χ1n) is 6.78. The normalized spacial score (nSPS) is 11.5. The van der Waals surface area contributed by atoms with Gasteiger partial charge in [-0.1, -0.05) is 23.2 Å². The molecule has 0 saturated carbocycles. The average molecular weight is 427 g/mol. The maximum absolute atomic E-state index is 12.2. The summed E-state index contributed by atoms with van der Waals surface area (Å²) in [6.07, 6.45) is 0. The largest absolute Gasteiger partial charge is 0.493 e. The fourth-order valence-corrected chi connectivity index (χ4v) is 3.44. The summed E-state index contributed by atoms with van der Waals surface area (Å²) in [6, 6.07) is 8.21. The Kier molecular flexibility index (Phi) is 4.62. The average Bonchev–Trinajstić information content (AvgIpc) is 2.81. The topological polar surface area (TPSA) is 77.8 Å². The molecule has 1 heterocycles. The van der Waals surface area contributed by atoms with Crippen molar-refractivity contribution in [1.29, 1.82) is 0 Å². The Balaban J connectivity index is 2.01. The summed E-state index contributed by atoms with van der Waals surface area (Å²) < 4.78 is 0.779. The number of carbonyl (C=O) groups is 1. The minimum absolute atomic E-state index is 0.171. The Morgan fingerprint density at radius 2 is 2.00 bits per heavy atom. The van der Waals surface area contributed by atoms with Crippen molar-refractivity contribution >= 4 is 61.6 Å². The van der Waals surface area contributed by atoms with Crippen LogP contribution in [0.5, 0.6) is 5.88 Å². The molecule has 0 aliphatic rings. The first kappa shape index (κ1) is 17.0. The quantitative estimate of drug-likeness (QED) is 0.480. The molecule has 8 heteroatoms. The monoisotopic (exact) mass is 425 g/mol.